The second kappa shape index (κ2) is 5.12. The third-order valence-electron chi connectivity index (χ3n) is 2.91. The molecule has 0 bridgehead atoms. The minimum absolute atomic E-state index is 0.341. The van der Waals surface area contributed by atoms with Crippen LogP contribution in [0.5, 0.6) is 0 Å². The summed E-state index contributed by atoms with van der Waals surface area (Å²) in [5.74, 6) is 0. The van der Waals surface area contributed by atoms with Crippen LogP contribution in [0.3, 0.4) is 0 Å². The molecule has 2 unspecified atom stereocenters. The Labute approximate surface area is 108 Å². The van der Waals surface area contributed by atoms with E-state index in [4.69, 9.17) is 0 Å². The van der Waals surface area contributed by atoms with Gasteiger partial charge in [0.05, 0.1) is 11.6 Å². The molecule has 2 atom stereocenters. The molecule has 0 saturated carbocycles. The van der Waals surface area contributed by atoms with E-state index in [1.54, 1.807) is 6.20 Å². The van der Waals surface area contributed by atoms with Crippen molar-refractivity contribution in [2.24, 2.45) is 0 Å². The van der Waals surface area contributed by atoms with Crippen LogP contribution in [-0.4, -0.2) is 26.6 Å². The number of aryl methyl sites for hydroxylation is 1. The van der Waals surface area contributed by atoms with Crippen LogP contribution in [-0.2, 0) is 0 Å². The third kappa shape index (κ3) is 2.34. The van der Waals surface area contributed by atoms with Gasteiger partial charge in [-0.15, -0.1) is 0 Å². The normalized spacial score (nSPS) is 14.8. The Bertz CT molecular complexity index is 530. The van der Waals surface area contributed by atoms with Crippen molar-refractivity contribution in [3.8, 4) is 0 Å². The van der Waals surface area contributed by atoms with Gasteiger partial charge < -0.3 is 10.2 Å². The maximum Gasteiger partial charge on any atom is 0.106 e. The van der Waals surface area contributed by atoms with Crippen LogP contribution < -0.4 is 0 Å². The number of benzene rings is 1. The monoisotopic (exact) mass is 295 g/mol. The predicted octanol–water partition coefficient (Wildman–Crippen LogP) is 2.33. The fraction of sp³-hybridized carbons (Fsp3) is 0.308. The number of fused-ring (bicyclic) bond motifs is 1. The summed E-state index contributed by atoms with van der Waals surface area (Å²) in [6.07, 6.45) is 0.0301. The zero-order chi connectivity index (χ0) is 12.4. The lowest BCUT2D eigenvalue weighted by Crippen LogP contribution is -2.20. The number of nitrogens with zero attached hydrogens (tertiary/aromatic N) is 1. The van der Waals surface area contributed by atoms with Gasteiger partial charge in [-0.2, -0.15) is 0 Å². The molecule has 0 aliphatic carbocycles. The van der Waals surface area contributed by atoms with Crippen molar-refractivity contribution < 1.29 is 10.2 Å². The summed E-state index contributed by atoms with van der Waals surface area (Å²) in [5, 5.41) is 21.1. The first-order chi connectivity index (χ1) is 8.15. The molecule has 1 aromatic heterocycles. The van der Waals surface area contributed by atoms with Crippen molar-refractivity contribution in [2.75, 3.05) is 5.33 Å². The molecule has 0 aliphatic rings. The molecule has 3 nitrogen and oxygen atoms in total. The minimum Gasteiger partial charge on any atom is -0.389 e. The molecule has 0 saturated heterocycles. The molecule has 0 fully saturated rings. The Morgan fingerprint density at radius 2 is 2.06 bits per heavy atom. The van der Waals surface area contributed by atoms with E-state index >= 15 is 0 Å². The molecule has 4 heteroatoms. The highest BCUT2D eigenvalue weighted by Gasteiger charge is 2.20. The molecule has 0 radical (unpaired) electrons. The van der Waals surface area contributed by atoms with Crippen molar-refractivity contribution in [2.45, 2.75) is 19.1 Å². The fourth-order valence-electron chi connectivity index (χ4n) is 1.92. The number of rotatable bonds is 3. The maximum absolute atomic E-state index is 10.0. The van der Waals surface area contributed by atoms with E-state index in [9.17, 15) is 10.2 Å². The molecular weight excluding hydrogens is 282 g/mol. The number of alkyl halides is 1. The van der Waals surface area contributed by atoms with Gasteiger partial charge in [0.2, 0.25) is 0 Å². The third-order valence-corrected chi connectivity index (χ3v) is 3.57. The van der Waals surface area contributed by atoms with Crippen LogP contribution in [0, 0.1) is 6.92 Å². The van der Waals surface area contributed by atoms with E-state index in [-0.39, 0.29) is 0 Å². The summed E-state index contributed by atoms with van der Waals surface area (Å²) < 4.78 is 0. The first-order valence-corrected chi connectivity index (χ1v) is 6.53. The molecule has 2 rings (SSSR count). The Kier molecular flexibility index (Phi) is 3.76. The summed E-state index contributed by atoms with van der Waals surface area (Å²) in [4.78, 5) is 4.30. The lowest BCUT2D eigenvalue weighted by molar-refractivity contribution is 0.0339. The molecule has 2 N–H and O–H groups in total. The van der Waals surface area contributed by atoms with Crippen LogP contribution in [0.1, 0.15) is 17.2 Å². The smallest absolute Gasteiger partial charge is 0.106 e. The van der Waals surface area contributed by atoms with Gasteiger partial charge in [-0.1, -0.05) is 34.1 Å². The number of hydrogen-bond donors (Lipinski definition) is 2. The number of aliphatic hydroxyl groups is 2. The van der Waals surface area contributed by atoms with Crippen molar-refractivity contribution in [1.82, 2.24) is 4.98 Å². The van der Waals surface area contributed by atoms with Gasteiger partial charge >= 0.3 is 0 Å². The molecule has 0 spiro atoms. The van der Waals surface area contributed by atoms with E-state index in [1.807, 2.05) is 31.2 Å². The summed E-state index contributed by atoms with van der Waals surface area (Å²) in [6, 6.07) is 7.61. The van der Waals surface area contributed by atoms with E-state index in [2.05, 4.69) is 20.9 Å². The largest absolute Gasteiger partial charge is 0.389 e. The van der Waals surface area contributed by atoms with Crippen molar-refractivity contribution in [3.05, 3.63) is 41.6 Å². The molecule has 0 amide bonds. The lowest BCUT2D eigenvalue weighted by atomic mass is 9.97. The number of halogens is 1. The first-order valence-electron chi connectivity index (χ1n) is 5.41. The molecule has 1 aromatic carbocycles. The van der Waals surface area contributed by atoms with E-state index in [0.717, 1.165) is 22.0 Å². The second-order valence-electron chi connectivity index (χ2n) is 4.02. The number of aromatic nitrogens is 1. The van der Waals surface area contributed by atoms with Crippen LogP contribution in [0.15, 0.2) is 30.5 Å². The quantitative estimate of drug-likeness (QED) is 0.855. The predicted molar refractivity (Wildman–Crippen MR) is 71.2 cm³/mol. The van der Waals surface area contributed by atoms with Gasteiger partial charge in [0.15, 0.2) is 0 Å². The van der Waals surface area contributed by atoms with Gasteiger partial charge in [0.25, 0.3) is 0 Å². The highest BCUT2D eigenvalue weighted by Crippen LogP contribution is 2.26. The highest BCUT2D eigenvalue weighted by atomic mass is 79.9. The van der Waals surface area contributed by atoms with E-state index < -0.39 is 12.2 Å². The average molecular weight is 296 g/mol. The highest BCUT2D eigenvalue weighted by molar-refractivity contribution is 9.09. The lowest BCUT2D eigenvalue weighted by Gasteiger charge is -2.18. The topological polar surface area (TPSA) is 53.4 Å². The Hall–Kier alpha value is -0.970. The van der Waals surface area contributed by atoms with Gasteiger partial charge in [-0.05, 0) is 24.1 Å². The summed E-state index contributed by atoms with van der Waals surface area (Å²) in [7, 11) is 0. The van der Waals surface area contributed by atoms with E-state index in [1.165, 1.54) is 0 Å². The minimum atomic E-state index is -0.888. The number of pyridine rings is 1. The summed E-state index contributed by atoms with van der Waals surface area (Å²) in [5.41, 5.74) is 2.50. The molecule has 90 valence electrons. The molecule has 0 aliphatic heterocycles. The van der Waals surface area contributed by atoms with Gasteiger partial charge in [0.1, 0.15) is 6.10 Å². The zero-order valence-corrected chi connectivity index (χ0v) is 11.1. The van der Waals surface area contributed by atoms with Crippen LogP contribution in [0.25, 0.3) is 10.9 Å². The molecule has 17 heavy (non-hydrogen) atoms. The van der Waals surface area contributed by atoms with Crippen LogP contribution in [0.4, 0.5) is 0 Å². The van der Waals surface area contributed by atoms with Crippen LogP contribution >= 0.6 is 15.9 Å². The first kappa shape index (κ1) is 12.5. The van der Waals surface area contributed by atoms with Gasteiger partial charge in [0, 0.05) is 16.9 Å². The number of hydrogen-bond acceptors (Lipinski definition) is 3. The molecular formula is C13H14BrNO2. The average Bonchev–Trinajstić information content (AvgIpc) is 2.38. The Balaban J connectivity index is 2.52. The Morgan fingerprint density at radius 3 is 2.76 bits per heavy atom. The fourth-order valence-corrected chi connectivity index (χ4v) is 2.27. The van der Waals surface area contributed by atoms with Crippen molar-refractivity contribution >= 4 is 26.8 Å². The SMILES string of the molecule is Cc1c(C(O)C(O)CBr)ccc2cccnc12. The molecule has 2 aromatic rings. The van der Waals surface area contributed by atoms with Crippen molar-refractivity contribution in [1.29, 1.82) is 0 Å². The molecule has 1 heterocycles. The standard InChI is InChI=1S/C13H14BrNO2/c1-8-10(13(17)11(16)7-14)5-4-9-3-2-6-15-12(8)9/h2-6,11,13,16-17H,7H2,1H3. The zero-order valence-electron chi connectivity index (χ0n) is 9.47. The summed E-state index contributed by atoms with van der Waals surface area (Å²) >= 11 is 3.16. The maximum atomic E-state index is 10.0. The Morgan fingerprint density at radius 1 is 1.29 bits per heavy atom. The number of aliphatic hydroxyl groups excluding tert-OH is 2. The second-order valence-corrected chi connectivity index (χ2v) is 4.67. The van der Waals surface area contributed by atoms with Gasteiger partial charge in [-0.3, -0.25) is 4.98 Å². The van der Waals surface area contributed by atoms with E-state index in [0.29, 0.717) is 5.33 Å². The van der Waals surface area contributed by atoms with Crippen molar-refractivity contribution in [3.63, 3.8) is 0 Å². The van der Waals surface area contributed by atoms with Gasteiger partial charge in [-0.25, -0.2) is 0 Å². The summed E-state index contributed by atoms with van der Waals surface area (Å²) in [6.45, 7) is 1.91. The van der Waals surface area contributed by atoms with Crippen LogP contribution in [0.2, 0.25) is 0 Å².